The fraction of sp³-hybridized carbons (Fsp3) is 0.812. The summed E-state index contributed by atoms with van der Waals surface area (Å²) in [6.07, 6.45) is 8.17. The zero-order chi connectivity index (χ0) is 13.7. The van der Waals surface area contributed by atoms with Crippen LogP contribution in [0.3, 0.4) is 0 Å². The predicted molar refractivity (Wildman–Crippen MR) is 80.2 cm³/mol. The maximum absolute atomic E-state index is 4.61. The normalized spacial score (nSPS) is 18.1. The average Bonchev–Trinajstić information content (AvgIpc) is 3.03. The fourth-order valence-corrected chi connectivity index (χ4v) is 3.31. The summed E-state index contributed by atoms with van der Waals surface area (Å²) in [6.45, 7) is 8.59. The van der Waals surface area contributed by atoms with Gasteiger partial charge in [-0.25, -0.2) is 0 Å². The lowest BCUT2D eigenvalue weighted by atomic mass is 9.96. The summed E-state index contributed by atoms with van der Waals surface area (Å²) < 4.78 is 2.18. The Morgan fingerprint density at radius 2 is 2.11 bits per heavy atom. The second-order valence-electron chi connectivity index (χ2n) is 5.92. The first-order valence-corrected chi connectivity index (χ1v) is 8.02. The minimum absolute atomic E-state index is 0.490. The van der Waals surface area contributed by atoms with Crippen LogP contribution in [0, 0.1) is 12.8 Å². The molecule has 1 unspecified atom stereocenters. The number of nitrogens with one attached hydrogen (secondary N) is 1. The largest absolute Gasteiger partial charge is 0.309 e. The Balaban J connectivity index is 2.10. The highest BCUT2D eigenvalue weighted by molar-refractivity contribution is 5.13. The Morgan fingerprint density at radius 3 is 2.74 bits per heavy atom. The van der Waals surface area contributed by atoms with E-state index in [1.807, 2.05) is 0 Å². The van der Waals surface area contributed by atoms with Gasteiger partial charge in [0.15, 0.2) is 0 Å². The highest BCUT2D eigenvalue weighted by Gasteiger charge is 2.23. The van der Waals surface area contributed by atoms with E-state index in [4.69, 9.17) is 0 Å². The summed E-state index contributed by atoms with van der Waals surface area (Å²) in [7, 11) is 0. The first-order valence-electron chi connectivity index (χ1n) is 8.02. The van der Waals surface area contributed by atoms with Crippen LogP contribution in [-0.2, 0) is 6.54 Å². The molecule has 0 aliphatic heterocycles. The van der Waals surface area contributed by atoms with Crippen molar-refractivity contribution in [1.29, 1.82) is 0 Å². The van der Waals surface area contributed by atoms with E-state index in [0.29, 0.717) is 6.04 Å². The van der Waals surface area contributed by atoms with E-state index >= 15 is 0 Å². The lowest BCUT2D eigenvalue weighted by Crippen LogP contribution is -2.26. The van der Waals surface area contributed by atoms with E-state index in [9.17, 15) is 0 Å². The molecule has 19 heavy (non-hydrogen) atoms. The topological polar surface area (TPSA) is 29.9 Å². The number of rotatable bonds is 7. The van der Waals surface area contributed by atoms with Gasteiger partial charge in [0.1, 0.15) is 0 Å². The highest BCUT2D eigenvalue weighted by atomic mass is 15.3. The Hall–Kier alpha value is -0.830. The Morgan fingerprint density at radius 1 is 1.37 bits per heavy atom. The molecule has 1 aromatic heterocycles. The molecule has 0 bridgehead atoms. The van der Waals surface area contributed by atoms with Crippen molar-refractivity contribution in [3.63, 3.8) is 0 Å². The van der Waals surface area contributed by atoms with Gasteiger partial charge in [-0.3, -0.25) is 4.68 Å². The van der Waals surface area contributed by atoms with E-state index in [0.717, 1.165) is 24.7 Å². The fourth-order valence-electron chi connectivity index (χ4n) is 3.31. The SMILES string of the molecule is CCCNC(CC1CCCC1)c1cc(C)nn1CC. The van der Waals surface area contributed by atoms with Crippen molar-refractivity contribution in [2.24, 2.45) is 5.92 Å². The molecule has 1 aliphatic rings. The van der Waals surface area contributed by atoms with Gasteiger partial charge in [-0.1, -0.05) is 32.6 Å². The van der Waals surface area contributed by atoms with Crippen LogP contribution in [0.4, 0.5) is 0 Å². The van der Waals surface area contributed by atoms with Crippen molar-refractivity contribution in [3.05, 3.63) is 17.5 Å². The minimum Gasteiger partial charge on any atom is -0.309 e. The zero-order valence-corrected chi connectivity index (χ0v) is 12.8. The van der Waals surface area contributed by atoms with Crippen LogP contribution < -0.4 is 5.32 Å². The lowest BCUT2D eigenvalue weighted by Gasteiger charge is -2.22. The van der Waals surface area contributed by atoms with Crippen molar-refractivity contribution in [2.75, 3.05) is 6.54 Å². The van der Waals surface area contributed by atoms with Gasteiger partial charge < -0.3 is 5.32 Å². The first kappa shape index (κ1) is 14.6. The van der Waals surface area contributed by atoms with Crippen molar-refractivity contribution in [2.45, 2.75) is 71.9 Å². The Labute approximate surface area is 117 Å². The maximum Gasteiger partial charge on any atom is 0.0597 e. The van der Waals surface area contributed by atoms with Crippen molar-refractivity contribution in [1.82, 2.24) is 15.1 Å². The van der Waals surface area contributed by atoms with Crippen LogP contribution in [-0.4, -0.2) is 16.3 Å². The van der Waals surface area contributed by atoms with Crippen LogP contribution in [0.1, 0.15) is 69.8 Å². The summed E-state index contributed by atoms with van der Waals surface area (Å²) in [5.74, 6) is 0.912. The molecule has 3 heteroatoms. The smallest absolute Gasteiger partial charge is 0.0597 e. The standard InChI is InChI=1S/C16H29N3/c1-4-10-17-15(12-14-8-6-7-9-14)16-11-13(3)18-19(16)5-2/h11,14-15,17H,4-10,12H2,1-3H3. The molecule has 0 amide bonds. The first-order chi connectivity index (χ1) is 9.24. The monoisotopic (exact) mass is 263 g/mol. The van der Waals surface area contributed by atoms with E-state index in [2.05, 4.69) is 41.9 Å². The maximum atomic E-state index is 4.61. The summed E-state index contributed by atoms with van der Waals surface area (Å²) >= 11 is 0. The molecule has 0 spiro atoms. The number of hydrogen-bond acceptors (Lipinski definition) is 2. The van der Waals surface area contributed by atoms with Crippen molar-refractivity contribution < 1.29 is 0 Å². The molecule has 108 valence electrons. The molecule has 1 saturated carbocycles. The molecule has 1 atom stereocenters. The summed E-state index contributed by atoms with van der Waals surface area (Å²) in [4.78, 5) is 0. The number of hydrogen-bond donors (Lipinski definition) is 1. The third-order valence-electron chi connectivity index (χ3n) is 4.27. The second-order valence-corrected chi connectivity index (χ2v) is 5.92. The molecule has 1 fully saturated rings. The van der Waals surface area contributed by atoms with Gasteiger partial charge >= 0.3 is 0 Å². The van der Waals surface area contributed by atoms with E-state index in [-0.39, 0.29) is 0 Å². The van der Waals surface area contributed by atoms with E-state index < -0.39 is 0 Å². The molecular weight excluding hydrogens is 234 g/mol. The Kier molecular flexibility index (Phi) is 5.44. The Bertz CT molecular complexity index is 377. The number of nitrogens with zero attached hydrogens (tertiary/aromatic N) is 2. The van der Waals surface area contributed by atoms with Gasteiger partial charge in [0.2, 0.25) is 0 Å². The molecule has 2 rings (SSSR count). The van der Waals surface area contributed by atoms with E-state index in [1.54, 1.807) is 0 Å². The van der Waals surface area contributed by atoms with Crippen LogP contribution in [0.2, 0.25) is 0 Å². The molecule has 0 aromatic carbocycles. The van der Waals surface area contributed by atoms with Gasteiger partial charge in [-0.2, -0.15) is 5.10 Å². The molecule has 3 nitrogen and oxygen atoms in total. The number of aryl methyl sites for hydroxylation is 2. The molecule has 0 saturated heterocycles. The van der Waals surface area contributed by atoms with Crippen LogP contribution in [0.5, 0.6) is 0 Å². The molecule has 0 radical (unpaired) electrons. The molecule has 1 heterocycles. The minimum atomic E-state index is 0.490. The van der Waals surface area contributed by atoms with Crippen LogP contribution in [0.25, 0.3) is 0 Å². The van der Waals surface area contributed by atoms with Gasteiger partial charge in [-0.05, 0) is 45.2 Å². The quantitative estimate of drug-likeness (QED) is 0.810. The lowest BCUT2D eigenvalue weighted by molar-refractivity contribution is 0.376. The van der Waals surface area contributed by atoms with Gasteiger partial charge in [0.25, 0.3) is 0 Å². The summed E-state index contributed by atoms with van der Waals surface area (Å²) in [5, 5.41) is 8.35. The van der Waals surface area contributed by atoms with E-state index in [1.165, 1.54) is 44.2 Å². The third-order valence-corrected chi connectivity index (χ3v) is 4.27. The van der Waals surface area contributed by atoms with Gasteiger partial charge in [-0.15, -0.1) is 0 Å². The molecular formula is C16H29N3. The average molecular weight is 263 g/mol. The molecule has 1 aliphatic carbocycles. The van der Waals surface area contributed by atoms with Crippen LogP contribution >= 0.6 is 0 Å². The van der Waals surface area contributed by atoms with Crippen molar-refractivity contribution in [3.8, 4) is 0 Å². The second kappa shape index (κ2) is 7.09. The predicted octanol–water partition coefficient (Wildman–Crippen LogP) is 3.83. The van der Waals surface area contributed by atoms with Gasteiger partial charge in [0.05, 0.1) is 11.4 Å². The van der Waals surface area contributed by atoms with Gasteiger partial charge in [0, 0.05) is 12.6 Å². The zero-order valence-electron chi connectivity index (χ0n) is 12.8. The number of aromatic nitrogens is 2. The van der Waals surface area contributed by atoms with Crippen LogP contribution in [0.15, 0.2) is 6.07 Å². The molecule has 1 N–H and O–H groups in total. The highest BCUT2D eigenvalue weighted by Crippen LogP contribution is 2.33. The summed E-state index contributed by atoms with van der Waals surface area (Å²) in [5.41, 5.74) is 2.53. The third kappa shape index (κ3) is 3.82. The van der Waals surface area contributed by atoms with Crippen molar-refractivity contribution >= 4 is 0 Å². The molecule has 1 aromatic rings. The summed E-state index contributed by atoms with van der Waals surface area (Å²) in [6, 6.07) is 2.76.